The molecule has 0 aliphatic rings. The molecule has 6 nitrogen and oxygen atoms in total. The summed E-state index contributed by atoms with van der Waals surface area (Å²) in [7, 11) is 0. The summed E-state index contributed by atoms with van der Waals surface area (Å²) in [6.07, 6.45) is 1.57. The second kappa shape index (κ2) is 6.21. The number of amides is 1. The Hall–Kier alpha value is -2.63. The van der Waals surface area contributed by atoms with Crippen LogP contribution in [0, 0.1) is 13.8 Å². The van der Waals surface area contributed by atoms with E-state index in [2.05, 4.69) is 10.4 Å². The minimum Gasteiger partial charge on any atom is -0.477 e. The van der Waals surface area contributed by atoms with Gasteiger partial charge in [0.25, 0.3) is 0 Å². The number of nitrogens with zero attached hydrogens (tertiary/aromatic N) is 2. The molecule has 0 saturated heterocycles. The number of carboxylic acid groups (broad SMARTS) is 1. The first-order valence-corrected chi connectivity index (χ1v) is 6.60. The molecule has 1 amide bonds. The fraction of sp³-hybridized carbons (Fsp3) is 0.267. The number of rotatable bonds is 5. The number of aromatic nitrogens is 2. The average molecular weight is 287 g/mol. The number of hydrogen-bond acceptors (Lipinski definition) is 3. The summed E-state index contributed by atoms with van der Waals surface area (Å²) < 4.78 is 1.31. The molecule has 0 atom stereocenters. The SMILES string of the molecule is Cc1cccc(C)c1NC(=O)CCn1nccc1C(=O)O. The zero-order valence-electron chi connectivity index (χ0n) is 12.0. The van der Waals surface area contributed by atoms with Crippen molar-refractivity contribution in [1.29, 1.82) is 0 Å². The largest absolute Gasteiger partial charge is 0.477 e. The maximum Gasteiger partial charge on any atom is 0.354 e. The highest BCUT2D eigenvalue weighted by Crippen LogP contribution is 2.19. The highest BCUT2D eigenvalue weighted by molar-refractivity contribution is 5.92. The van der Waals surface area contributed by atoms with E-state index < -0.39 is 5.97 Å². The topological polar surface area (TPSA) is 84.2 Å². The molecule has 6 heteroatoms. The lowest BCUT2D eigenvalue weighted by molar-refractivity contribution is -0.116. The molecular weight excluding hydrogens is 270 g/mol. The van der Waals surface area contributed by atoms with Crippen LogP contribution in [0.1, 0.15) is 28.0 Å². The minimum absolute atomic E-state index is 0.0786. The highest BCUT2D eigenvalue weighted by Gasteiger charge is 2.12. The summed E-state index contributed by atoms with van der Waals surface area (Å²) in [5.41, 5.74) is 2.87. The number of carbonyl (C=O) groups excluding carboxylic acids is 1. The molecule has 21 heavy (non-hydrogen) atoms. The third-order valence-electron chi connectivity index (χ3n) is 3.23. The number of benzene rings is 1. The Balaban J connectivity index is 2.00. The highest BCUT2D eigenvalue weighted by atomic mass is 16.4. The number of aryl methyl sites for hydroxylation is 3. The van der Waals surface area contributed by atoms with E-state index in [1.807, 2.05) is 32.0 Å². The molecule has 2 rings (SSSR count). The molecule has 0 unspecified atom stereocenters. The molecule has 2 aromatic rings. The van der Waals surface area contributed by atoms with Crippen LogP contribution >= 0.6 is 0 Å². The van der Waals surface area contributed by atoms with Crippen molar-refractivity contribution in [2.45, 2.75) is 26.8 Å². The van der Waals surface area contributed by atoms with Gasteiger partial charge < -0.3 is 10.4 Å². The van der Waals surface area contributed by atoms with Crippen LogP contribution in [0.5, 0.6) is 0 Å². The van der Waals surface area contributed by atoms with Crippen molar-refractivity contribution in [3.63, 3.8) is 0 Å². The van der Waals surface area contributed by atoms with E-state index in [0.29, 0.717) is 0 Å². The number of carboxylic acids is 1. The number of hydrogen-bond donors (Lipinski definition) is 2. The second-order valence-corrected chi connectivity index (χ2v) is 4.81. The first-order valence-electron chi connectivity index (χ1n) is 6.60. The zero-order chi connectivity index (χ0) is 15.4. The maximum absolute atomic E-state index is 12.0. The van der Waals surface area contributed by atoms with E-state index >= 15 is 0 Å². The van der Waals surface area contributed by atoms with E-state index in [-0.39, 0.29) is 24.6 Å². The van der Waals surface area contributed by atoms with E-state index in [1.165, 1.54) is 16.9 Å². The Morgan fingerprint density at radius 1 is 1.24 bits per heavy atom. The van der Waals surface area contributed by atoms with E-state index in [9.17, 15) is 9.59 Å². The Bertz CT molecular complexity index is 656. The maximum atomic E-state index is 12.0. The third kappa shape index (κ3) is 3.47. The van der Waals surface area contributed by atoms with Gasteiger partial charge in [-0.3, -0.25) is 9.48 Å². The van der Waals surface area contributed by atoms with Crippen molar-refractivity contribution < 1.29 is 14.7 Å². The van der Waals surface area contributed by atoms with E-state index in [1.54, 1.807) is 0 Å². The molecule has 0 fully saturated rings. The standard InChI is InChI=1S/C15H17N3O3/c1-10-4-3-5-11(2)14(10)17-13(19)7-9-18-12(15(20)21)6-8-16-18/h3-6,8H,7,9H2,1-2H3,(H,17,19)(H,20,21). The van der Waals surface area contributed by atoms with Gasteiger partial charge in [-0.2, -0.15) is 5.10 Å². The van der Waals surface area contributed by atoms with Gasteiger partial charge in [0, 0.05) is 18.3 Å². The molecule has 1 aromatic heterocycles. The van der Waals surface area contributed by atoms with Gasteiger partial charge in [-0.15, -0.1) is 0 Å². The number of carbonyl (C=O) groups is 2. The van der Waals surface area contributed by atoms with Gasteiger partial charge in [0.15, 0.2) is 0 Å². The zero-order valence-corrected chi connectivity index (χ0v) is 12.0. The van der Waals surface area contributed by atoms with Crippen molar-refractivity contribution in [3.05, 3.63) is 47.3 Å². The summed E-state index contributed by atoms with van der Waals surface area (Å²) in [4.78, 5) is 22.9. The van der Waals surface area contributed by atoms with Crippen LogP contribution < -0.4 is 5.32 Å². The molecule has 0 aliphatic carbocycles. The third-order valence-corrected chi connectivity index (χ3v) is 3.23. The van der Waals surface area contributed by atoms with Crippen molar-refractivity contribution >= 4 is 17.6 Å². The van der Waals surface area contributed by atoms with Gasteiger partial charge in [-0.1, -0.05) is 18.2 Å². The van der Waals surface area contributed by atoms with Crippen molar-refractivity contribution in [3.8, 4) is 0 Å². The van der Waals surface area contributed by atoms with Crippen molar-refractivity contribution in [2.24, 2.45) is 0 Å². The lowest BCUT2D eigenvalue weighted by Gasteiger charge is -2.11. The van der Waals surface area contributed by atoms with E-state index in [0.717, 1.165) is 16.8 Å². The summed E-state index contributed by atoms with van der Waals surface area (Å²) >= 11 is 0. The predicted octanol–water partition coefficient (Wildman–Crippen LogP) is 2.23. The van der Waals surface area contributed by atoms with Crippen molar-refractivity contribution in [1.82, 2.24) is 9.78 Å². The lowest BCUT2D eigenvalue weighted by atomic mass is 10.1. The Labute approximate surface area is 122 Å². The van der Waals surface area contributed by atoms with Crippen LogP contribution in [0.4, 0.5) is 5.69 Å². The quantitative estimate of drug-likeness (QED) is 0.883. The smallest absolute Gasteiger partial charge is 0.354 e. The van der Waals surface area contributed by atoms with Crippen LogP contribution in [-0.2, 0) is 11.3 Å². The fourth-order valence-electron chi connectivity index (χ4n) is 2.11. The Kier molecular flexibility index (Phi) is 4.37. The van der Waals surface area contributed by atoms with Crippen molar-refractivity contribution in [2.75, 3.05) is 5.32 Å². The molecule has 2 N–H and O–H groups in total. The van der Waals surface area contributed by atoms with E-state index in [4.69, 9.17) is 5.11 Å². The number of nitrogens with one attached hydrogen (secondary N) is 1. The van der Waals surface area contributed by atoms with Crippen LogP contribution in [0.15, 0.2) is 30.5 Å². The fourth-order valence-corrected chi connectivity index (χ4v) is 2.11. The van der Waals surface area contributed by atoms with Crippen LogP contribution in [0.25, 0.3) is 0 Å². The summed E-state index contributed by atoms with van der Waals surface area (Å²) in [5, 5.41) is 15.7. The summed E-state index contributed by atoms with van der Waals surface area (Å²) in [6, 6.07) is 7.20. The molecule has 0 spiro atoms. The van der Waals surface area contributed by atoms with Gasteiger partial charge in [0.1, 0.15) is 5.69 Å². The lowest BCUT2D eigenvalue weighted by Crippen LogP contribution is -2.18. The second-order valence-electron chi connectivity index (χ2n) is 4.81. The van der Waals surface area contributed by atoms with Gasteiger partial charge in [0.05, 0.1) is 6.54 Å². The molecule has 1 heterocycles. The predicted molar refractivity (Wildman–Crippen MR) is 78.3 cm³/mol. The molecular formula is C15H17N3O3. The van der Waals surface area contributed by atoms with Gasteiger partial charge in [-0.25, -0.2) is 4.79 Å². The van der Waals surface area contributed by atoms with Gasteiger partial charge in [-0.05, 0) is 31.0 Å². The van der Waals surface area contributed by atoms with Gasteiger partial charge in [0.2, 0.25) is 5.91 Å². The average Bonchev–Trinajstić information content (AvgIpc) is 2.89. The minimum atomic E-state index is -1.05. The molecule has 0 aliphatic heterocycles. The number of aromatic carboxylic acids is 1. The molecule has 0 bridgehead atoms. The Morgan fingerprint density at radius 3 is 2.52 bits per heavy atom. The first-order chi connectivity index (χ1) is 9.99. The first kappa shape index (κ1) is 14.8. The summed E-state index contributed by atoms with van der Waals surface area (Å²) in [5.74, 6) is -1.22. The Morgan fingerprint density at radius 2 is 1.90 bits per heavy atom. The molecule has 0 saturated carbocycles. The number of para-hydroxylation sites is 1. The number of anilines is 1. The normalized spacial score (nSPS) is 10.4. The molecule has 1 aromatic carbocycles. The van der Waals surface area contributed by atoms with Crippen LogP contribution in [0.3, 0.4) is 0 Å². The van der Waals surface area contributed by atoms with Crippen LogP contribution in [0.2, 0.25) is 0 Å². The van der Waals surface area contributed by atoms with Crippen LogP contribution in [-0.4, -0.2) is 26.8 Å². The monoisotopic (exact) mass is 287 g/mol. The summed E-state index contributed by atoms with van der Waals surface area (Å²) in [6.45, 7) is 4.09. The molecule has 110 valence electrons. The molecule has 0 radical (unpaired) electrons. The van der Waals surface area contributed by atoms with Gasteiger partial charge >= 0.3 is 5.97 Å².